The Balaban J connectivity index is 1.21. The number of aromatic amines is 1. The summed E-state index contributed by atoms with van der Waals surface area (Å²) in [6.07, 6.45) is 2.53. The average molecular weight is 525 g/mol. The number of ketones is 1. The van der Waals surface area contributed by atoms with Gasteiger partial charge in [-0.2, -0.15) is 0 Å². The van der Waals surface area contributed by atoms with E-state index in [1.54, 1.807) is 7.11 Å². The molecule has 7 nitrogen and oxygen atoms in total. The van der Waals surface area contributed by atoms with Crippen molar-refractivity contribution in [3.63, 3.8) is 0 Å². The van der Waals surface area contributed by atoms with Gasteiger partial charge in [0.15, 0.2) is 5.82 Å². The molecule has 202 valence electrons. The molecule has 1 unspecified atom stereocenters. The number of ether oxygens (including phenoxy) is 1. The van der Waals surface area contributed by atoms with Gasteiger partial charge in [0.25, 0.3) is 5.91 Å². The fourth-order valence-corrected chi connectivity index (χ4v) is 5.58. The van der Waals surface area contributed by atoms with Crippen molar-refractivity contribution in [2.24, 2.45) is 5.92 Å². The SMILES string of the molecule is COc1ccccc1C(CCN1CCC(C(=O)c2nc3ccccc3[nH]2)CC1)CN(C)C(=O)c1ccccc1. The monoisotopic (exact) mass is 524 g/mol. The maximum Gasteiger partial charge on any atom is 0.253 e. The first-order chi connectivity index (χ1) is 19.0. The number of nitrogens with one attached hydrogen (secondary N) is 1. The van der Waals surface area contributed by atoms with Crippen LogP contribution in [0.2, 0.25) is 0 Å². The number of methoxy groups -OCH3 is 1. The number of para-hydroxylation sites is 3. The highest BCUT2D eigenvalue weighted by atomic mass is 16.5. The fraction of sp³-hybridized carbons (Fsp3) is 0.344. The molecular weight excluding hydrogens is 488 g/mol. The number of imidazole rings is 1. The summed E-state index contributed by atoms with van der Waals surface area (Å²) >= 11 is 0. The molecule has 4 aromatic rings. The number of carbonyl (C=O) groups excluding carboxylic acids is 2. The highest BCUT2D eigenvalue weighted by Gasteiger charge is 2.29. The second-order valence-corrected chi connectivity index (χ2v) is 10.4. The number of piperidine rings is 1. The molecule has 1 N–H and O–H groups in total. The van der Waals surface area contributed by atoms with Crippen LogP contribution in [0.25, 0.3) is 11.0 Å². The molecule has 0 saturated carbocycles. The summed E-state index contributed by atoms with van der Waals surface area (Å²) in [5.74, 6) is 1.55. The molecule has 2 heterocycles. The smallest absolute Gasteiger partial charge is 0.253 e. The van der Waals surface area contributed by atoms with E-state index >= 15 is 0 Å². The molecule has 1 aromatic heterocycles. The topological polar surface area (TPSA) is 78.5 Å². The van der Waals surface area contributed by atoms with E-state index in [0.29, 0.717) is 17.9 Å². The minimum Gasteiger partial charge on any atom is -0.496 e. The Labute approximate surface area is 229 Å². The largest absolute Gasteiger partial charge is 0.496 e. The number of rotatable bonds is 10. The van der Waals surface area contributed by atoms with E-state index < -0.39 is 0 Å². The third-order valence-electron chi connectivity index (χ3n) is 7.82. The summed E-state index contributed by atoms with van der Waals surface area (Å²) in [6, 6.07) is 25.2. The molecule has 39 heavy (non-hydrogen) atoms. The molecule has 1 atom stereocenters. The van der Waals surface area contributed by atoms with Crippen LogP contribution in [0.5, 0.6) is 5.75 Å². The number of likely N-dealkylation sites (N-methyl/N-ethyl adjacent to an activating group) is 1. The van der Waals surface area contributed by atoms with Crippen molar-refractivity contribution >= 4 is 22.7 Å². The van der Waals surface area contributed by atoms with Crippen LogP contribution in [0.3, 0.4) is 0 Å². The van der Waals surface area contributed by atoms with E-state index in [2.05, 4.69) is 20.9 Å². The van der Waals surface area contributed by atoms with E-state index in [4.69, 9.17) is 4.74 Å². The molecule has 0 bridgehead atoms. The fourth-order valence-electron chi connectivity index (χ4n) is 5.58. The van der Waals surface area contributed by atoms with Crippen LogP contribution >= 0.6 is 0 Å². The van der Waals surface area contributed by atoms with Crippen LogP contribution in [0, 0.1) is 5.92 Å². The summed E-state index contributed by atoms with van der Waals surface area (Å²) in [6.45, 7) is 3.22. The lowest BCUT2D eigenvalue weighted by molar-refractivity contribution is 0.0779. The second kappa shape index (κ2) is 12.3. The number of hydrogen-bond acceptors (Lipinski definition) is 5. The van der Waals surface area contributed by atoms with Crippen molar-refractivity contribution in [2.75, 3.05) is 40.3 Å². The maximum atomic E-state index is 13.1. The molecule has 0 aliphatic carbocycles. The Morgan fingerprint density at radius 2 is 1.69 bits per heavy atom. The Bertz CT molecular complexity index is 1380. The molecule has 1 aliphatic rings. The standard InChI is InChI=1S/C32H36N4O3/c1-35(32(38)24-10-4-3-5-11-24)22-25(26-12-6-9-15-29(26)39-2)18-21-36-19-16-23(17-20-36)30(37)31-33-27-13-7-8-14-28(27)34-31/h3-15,23,25H,16-22H2,1-2H3,(H,33,34). The van der Waals surface area contributed by atoms with Gasteiger partial charge < -0.3 is 19.5 Å². The van der Waals surface area contributed by atoms with Crippen molar-refractivity contribution < 1.29 is 14.3 Å². The minimum atomic E-state index is -0.0125. The van der Waals surface area contributed by atoms with Crippen molar-refractivity contribution in [3.05, 3.63) is 95.8 Å². The normalized spacial score (nSPS) is 15.2. The molecule has 5 rings (SSSR count). The maximum absolute atomic E-state index is 13.1. The van der Waals surface area contributed by atoms with E-state index in [1.165, 1.54) is 0 Å². The highest BCUT2D eigenvalue weighted by Crippen LogP contribution is 2.31. The molecule has 1 aliphatic heterocycles. The van der Waals surface area contributed by atoms with Crippen LogP contribution in [-0.2, 0) is 0 Å². The first-order valence-corrected chi connectivity index (χ1v) is 13.7. The first kappa shape index (κ1) is 26.6. The van der Waals surface area contributed by atoms with Gasteiger partial charge >= 0.3 is 0 Å². The molecule has 3 aromatic carbocycles. The number of nitrogens with zero attached hydrogens (tertiary/aromatic N) is 3. The van der Waals surface area contributed by atoms with Gasteiger partial charge in [-0.05, 0) is 74.8 Å². The van der Waals surface area contributed by atoms with Gasteiger partial charge in [0.05, 0.1) is 18.1 Å². The van der Waals surface area contributed by atoms with E-state index in [9.17, 15) is 9.59 Å². The predicted octanol–water partition coefficient (Wildman–Crippen LogP) is 5.41. The number of H-pyrrole nitrogens is 1. The zero-order valence-corrected chi connectivity index (χ0v) is 22.7. The van der Waals surface area contributed by atoms with Crippen molar-refractivity contribution in [3.8, 4) is 5.75 Å². The zero-order valence-electron chi connectivity index (χ0n) is 22.7. The highest BCUT2D eigenvalue weighted by molar-refractivity contribution is 5.97. The number of carbonyl (C=O) groups is 2. The van der Waals surface area contributed by atoms with Crippen LogP contribution in [-0.4, -0.2) is 71.8 Å². The quantitative estimate of drug-likeness (QED) is 0.281. The number of amides is 1. The molecule has 1 amide bonds. The van der Waals surface area contributed by atoms with Gasteiger partial charge in [0.2, 0.25) is 5.78 Å². The molecular formula is C32H36N4O3. The van der Waals surface area contributed by atoms with Crippen molar-refractivity contribution in [2.45, 2.75) is 25.2 Å². The minimum absolute atomic E-state index is 0.0125. The number of hydrogen-bond donors (Lipinski definition) is 1. The van der Waals surface area contributed by atoms with Crippen molar-refractivity contribution in [1.29, 1.82) is 0 Å². The van der Waals surface area contributed by atoms with Gasteiger partial charge in [-0.1, -0.05) is 48.5 Å². The molecule has 1 fully saturated rings. The number of benzene rings is 3. The average Bonchev–Trinajstić information content (AvgIpc) is 3.43. The second-order valence-electron chi connectivity index (χ2n) is 10.4. The molecule has 7 heteroatoms. The Hall–Kier alpha value is -3.97. The number of likely N-dealkylation sites (tertiary alicyclic amines) is 1. The van der Waals surface area contributed by atoms with Crippen LogP contribution < -0.4 is 4.74 Å². The summed E-state index contributed by atoms with van der Waals surface area (Å²) in [5, 5.41) is 0. The summed E-state index contributed by atoms with van der Waals surface area (Å²) in [5.41, 5.74) is 3.53. The summed E-state index contributed by atoms with van der Waals surface area (Å²) in [7, 11) is 3.56. The van der Waals surface area contributed by atoms with Gasteiger partial charge in [0.1, 0.15) is 5.75 Å². The Morgan fingerprint density at radius 3 is 2.44 bits per heavy atom. The summed E-state index contributed by atoms with van der Waals surface area (Å²) in [4.78, 5) is 38.2. The first-order valence-electron chi connectivity index (χ1n) is 13.7. The predicted molar refractivity (Wildman–Crippen MR) is 153 cm³/mol. The van der Waals surface area contributed by atoms with E-state index in [-0.39, 0.29) is 23.5 Å². The molecule has 0 radical (unpaired) electrons. The lowest BCUT2D eigenvalue weighted by Crippen LogP contribution is -2.38. The Kier molecular flexibility index (Phi) is 8.37. The van der Waals surface area contributed by atoms with E-state index in [0.717, 1.165) is 61.2 Å². The van der Waals surface area contributed by atoms with Gasteiger partial charge in [-0.25, -0.2) is 4.98 Å². The van der Waals surface area contributed by atoms with Gasteiger partial charge in [-0.3, -0.25) is 9.59 Å². The van der Waals surface area contributed by atoms with Crippen LogP contribution in [0.4, 0.5) is 0 Å². The lowest BCUT2D eigenvalue weighted by atomic mass is 9.90. The number of aromatic nitrogens is 2. The zero-order chi connectivity index (χ0) is 27.2. The Morgan fingerprint density at radius 1 is 1.00 bits per heavy atom. The third-order valence-corrected chi connectivity index (χ3v) is 7.82. The van der Waals surface area contributed by atoms with Gasteiger partial charge in [0, 0.05) is 31.0 Å². The molecule has 0 spiro atoms. The van der Waals surface area contributed by atoms with Crippen molar-refractivity contribution in [1.82, 2.24) is 19.8 Å². The number of fused-ring (bicyclic) bond motifs is 1. The summed E-state index contributed by atoms with van der Waals surface area (Å²) < 4.78 is 5.69. The van der Waals surface area contributed by atoms with Crippen LogP contribution in [0.15, 0.2) is 78.9 Å². The van der Waals surface area contributed by atoms with Gasteiger partial charge in [-0.15, -0.1) is 0 Å². The lowest BCUT2D eigenvalue weighted by Gasteiger charge is -2.33. The van der Waals surface area contributed by atoms with E-state index in [1.807, 2.05) is 84.7 Å². The van der Waals surface area contributed by atoms with Crippen LogP contribution in [0.1, 0.15) is 51.7 Å². The number of Topliss-reactive ketones (excluding diaryl/α,β-unsaturated/α-hetero) is 1. The molecule has 1 saturated heterocycles. The third kappa shape index (κ3) is 6.20.